The number of carbonyl (C=O) groups is 9. The molecule has 0 radical (unpaired) electrons. The topological polar surface area (TPSA) is 377 Å². The molecule has 1 fully saturated rings. The third-order valence-corrected chi connectivity index (χ3v) is 13.3. The van der Waals surface area contributed by atoms with Crippen LogP contribution in [0.5, 0.6) is 0 Å². The van der Waals surface area contributed by atoms with Gasteiger partial charge in [0.15, 0.2) is 11.8 Å². The van der Waals surface area contributed by atoms with Crippen molar-refractivity contribution in [1.82, 2.24) is 42.1 Å². The summed E-state index contributed by atoms with van der Waals surface area (Å²) in [7, 11) is 0. The fourth-order valence-corrected chi connectivity index (χ4v) is 9.38. The largest absolute Gasteiger partial charge is 0.610 e. The van der Waals surface area contributed by atoms with Crippen LogP contribution in [0.2, 0.25) is 0 Å². The zero-order valence-electron chi connectivity index (χ0n) is 37.4. The van der Waals surface area contributed by atoms with Gasteiger partial charge in [0, 0.05) is 55.0 Å². The molecule has 1 unspecified atom stereocenters. The van der Waals surface area contributed by atoms with Crippen LogP contribution in [0, 0.1) is 17.8 Å². The Morgan fingerprint density at radius 3 is 2.29 bits per heavy atom. The highest BCUT2D eigenvalue weighted by atomic mass is 32.2. The number of primary amides is 1. The number of nitrogens with two attached hydrogens (primary N) is 2. The van der Waals surface area contributed by atoms with Gasteiger partial charge in [0.1, 0.15) is 28.9 Å². The lowest BCUT2D eigenvalue weighted by Crippen LogP contribution is -2.61. The van der Waals surface area contributed by atoms with Crippen molar-refractivity contribution in [3.63, 3.8) is 0 Å². The predicted octanol–water partition coefficient (Wildman–Crippen LogP) is -4.26. The Hall–Kier alpha value is -4.79. The van der Waals surface area contributed by atoms with Gasteiger partial charge in [-0.15, -0.1) is 11.8 Å². The van der Waals surface area contributed by atoms with Crippen molar-refractivity contribution in [2.24, 2.45) is 29.2 Å². The van der Waals surface area contributed by atoms with Crippen LogP contribution in [-0.2, 0) is 54.3 Å². The molecule has 2 aliphatic rings. The molecule has 14 N–H and O–H groups in total. The van der Waals surface area contributed by atoms with Crippen LogP contribution in [0.25, 0.3) is 0 Å². The van der Waals surface area contributed by atoms with E-state index in [2.05, 4.69) is 43.8 Å². The van der Waals surface area contributed by atoms with Crippen molar-refractivity contribution in [3.05, 3.63) is 22.3 Å². The van der Waals surface area contributed by atoms with Gasteiger partial charge in [-0.3, -0.25) is 43.2 Å². The number of aliphatic hydroxyl groups is 3. The Bertz CT molecular complexity index is 1790. The molecule has 366 valence electrons. The molecule has 0 aromatic carbocycles. The van der Waals surface area contributed by atoms with Crippen molar-refractivity contribution in [3.8, 4) is 0 Å². The van der Waals surface area contributed by atoms with Crippen molar-refractivity contribution in [2.75, 3.05) is 44.3 Å². The number of hydrogen-bond donors (Lipinski definition) is 12. The molecule has 65 heavy (non-hydrogen) atoms. The number of nitrogens with one attached hydrogen (secondary N) is 7. The Balaban J connectivity index is 2.75. The smallest absolute Gasteiger partial charge is 0.253 e. The van der Waals surface area contributed by atoms with Crippen molar-refractivity contribution >= 4 is 76.0 Å². The first-order valence-corrected chi connectivity index (χ1v) is 23.5. The minimum atomic E-state index is -2.40. The lowest BCUT2D eigenvalue weighted by Gasteiger charge is -2.32. The summed E-state index contributed by atoms with van der Waals surface area (Å²) in [6, 6.07) is -6.72. The van der Waals surface area contributed by atoms with Crippen molar-refractivity contribution in [2.45, 2.75) is 110 Å². The normalized spacial score (nSPS) is 25.1. The van der Waals surface area contributed by atoms with Crippen LogP contribution in [0.15, 0.2) is 22.3 Å². The Labute approximate surface area is 385 Å². The van der Waals surface area contributed by atoms with Gasteiger partial charge in [-0.2, -0.15) is 0 Å². The first-order chi connectivity index (χ1) is 30.5. The molecular formula is C40H66N10O13S2. The maximum absolute atomic E-state index is 14.6. The van der Waals surface area contributed by atoms with Crippen LogP contribution in [-0.4, -0.2) is 158 Å². The molecule has 23 nitrogen and oxygen atoms in total. The highest BCUT2D eigenvalue weighted by Gasteiger charge is 2.45. The molecule has 2 heterocycles. The molecule has 0 aromatic rings. The SMILES string of the molecule is C=C(C)N/C1=C(\SCCCCN)NC(=O)[C@H]([C@@H](C)[C@@H](O)CO)NC(=O)[C@@H]2C[C@@H](O)CN2C(=O)[C@H](CC(N)=O)NC(=O)[C@@H](NC(=O)CNC(=O)[C@@H](CC(=O)CNC(C)=O)[C@@H](C)CC)C[S+]1[O-]. The van der Waals surface area contributed by atoms with Gasteiger partial charge in [-0.05, 0) is 38.0 Å². The second kappa shape index (κ2) is 27.6. The number of Topliss-reactive ketones (excluding diaryl/α,β-unsaturated/α-hetero) is 1. The molecule has 1 saturated heterocycles. The fraction of sp³-hybridized carbons (Fsp3) is 0.675. The van der Waals surface area contributed by atoms with E-state index in [1.807, 2.05) is 0 Å². The highest BCUT2D eigenvalue weighted by Crippen LogP contribution is 2.26. The highest BCUT2D eigenvalue weighted by molar-refractivity contribution is 8.04. The molecule has 2 rings (SSSR count). The van der Waals surface area contributed by atoms with Crippen LogP contribution >= 0.6 is 11.8 Å². The number of unbranched alkanes of at least 4 members (excludes halogenated alkanes) is 1. The number of allylic oxidation sites excluding steroid dienone is 1. The molecule has 0 spiro atoms. The monoisotopic (exact) mass is 958 g/mol. The molecule has 0 saturated carbocycles. The summed E-state index contributed by atoms with van der Waals surface area (Å²) in [6.07, 6.45) is -2.73. The molecule has 25 heteroatoms. The molecule has 0 bridgehead atoms. The van der Waals surface area contributed by atoms with Crippen LogP contribution < -0.4 is 48.7 Å². The minimum absolute atomic E-state index is 0.0769. The summed E-state index contributed by atoms with van der Waals surface area (Å²) >= 11 is -1.38. The zero-order valence-corrected chi connectivity index (χ0v) is 39.1. The summed E-state index contributed by atoms with van der Waals surface area (Å²) in [6.45, 7) is 9.43. The first-order valence-electron chi connectivity index (χ1n) is 21.2. The van der Waals surface area contributed by atoms with E-state index in [1.165, 1.54) is 20.8 Å². The van der Waals surface area contributed by atoms with E-state index in [9.17, 15) is 63.0 Å². The number of thioether (sulfide) groups is 1. The summed E-state index contributed by atoms with van der Waals surface area (Å²) in [4.78, 5) is 121. The molecule has 2 aliphatic heterocycles. The van der Waals surface area contributed by atoms with Gasteiger partial charge in [0.2, 0.25) is 47.3 Å². The maximum Gasteiger partial charge on any atom is 0.253 e. The van der Waals surface area contributed by atoms with Crippen LogP contribution in [0.4, 0.5) is 0 Å². The van der Waals surface area contributed by atoms with E-state index in [1.54, 1.807) is 13.8 Å². The van der Waals surface area contributed by atoms with E-state index < -0.39 is 144 Å². The molecule has 0 aromatic heterocycles. The predicted molar refractivity (Wildman–Crippen MR) is 239 cm³/mol. The number of aliphatic hydroxyl groups excluding tert-OH is 3. The van der Waals surface area contributed by atoms with Crippen LogP contribution in [0.3, 0.4) is 0 Å². The van der Waals surface area contributed by atoms with Crippen molar-refractivity contribution in [1.29, 1.82) is 0 Å². The Kier molecular flexibility index (Phi) is 24.0. The number of amides is 8. The van der Waals surface area contributed by atoms with Crippen LogP contribution in [0.1, 0.15) is 73.1 Å². The van der Waals surface area contributed by atoms with E-state index in [-0.39, 0.29) is 41.1 Å². The van der Waals surface area contributed by atoms with Crippen molar-refractivity contribution < 1.29 is 63.0 Å². The van der Waals surface area contributed by atoms with Gasteiger partial charge in [0.05, 0.1) is 38.3 Å². The second-order valence-corrected chi connectivity index (χ2v) is 18.7. The minimum Gasteiger partial charge on any atom is -0.610 e. The molecular weight excluding hydrogens is 893 g/mol. The first kappa shape index (κ1) is 56.3. The lowest BCUT2D eigenvalue weighted by atomic mass is 9.86. The Morgan fingerprint density at radius 2 is 1.71 bits per heavy atom. The fourth-order valence-electron chi connectivity index (χ4n) is 6.77. The Morgan fingerprint density at radius 1 is 1.03 bits per heavy atom. The third-order valence-electron chi connectivity index (χ3n) is 10.7. The average molecular weight is 959 g/mol. The summed E-state index contributed by atoms with van der Waals surface area (Å²) in [5.41, 5.74) is 11.4. The van der Waals surface area contributed by atoms with E-state index >= 15 is 0 Å². The van der Waals surface area contributed by atoms with Gasteiger partial charge in [-0.25, -0.2) is 0 Å². The summed E-state index contributed by atoms with van der Waals surface area (Å²) in [5, 5.41) is 48.5. The van der Waals surface area contributed by atoms with Gasteiger partial charge < -0.3 is 73.5 Å². The van der Waals surface area contributed by atoms with E-state index in [0.717, 1.165) is 16.7 Å². The average Bonchev–Trinajstić information content (AvgIpc) is 3.65. The maximum atomic E-state index is 14.6. The van der Waals surface area contributed by atoms with Gasteiger partial charge >= 0.3 is 0 Å². The number of fused-ring (bicyclic) bond motifs is 1. The molecule has 8 amide bonds. The number of hydrogen-bond acceptors (Lipinski definition) is 16. The quantitative estimate of drug-likeness (QED) is 0.0361. The standard InChI is InChI=1S/C40H66N10O13S2/c1-7-21(4)26(12-24(53)15-43-23(6)52)34(58)44-16-32(57)46-28-19-65(63)39(45-20(2)3)38(64-11-9-8-10-41)49-37(61)33(22(5)30(55)18-51)48-36(60)29-13-25(54)17-50(29)40(62)27(14-31(42)56)47-35(28)59/h21-22,25-30,33,45,51,54-55H,2,7-19,41H2,1,3-6H3,(H2,42,56)(H,43,52)(H,44,58)(H,46,57)(H,47,59)(H,48,60)(H,49,61)/b39-38+/t21-,22-,25+,26-,27-,28-,29-,30-,33-,65?/m0/s1. The number of ketones is 1. The summed E-state index contributed by atoms with van der Waals surface area (Å²) in [5.74, 6) is -10.7. The summed E-state index contributed by atoms with van der Waals surface area (Å²) < 4.78 is 14.6. The van der Waals surface area contributed by atoms with Gasteiger partial charge in [0.25, 0.3) is 5.03 Å². The molecule has 0 aliphatic carbocycles. The number of rotatable bonds is 22. The third kappa shape index (κ3) is 18.2. The van der Waals surface area contributed by atoms with Gasteiger partial charge in [-0.1, -0.05) is 33.8 Å². The number of carbonyl (C=O) groups excluding carboxylic acids is 9. The van der Waals surface area contributed by atoms with E-state index in [4.69, 9.17) is 11.5 Å². The van der Waals surface area contributed by atoms with E-state index in [0.29, 0.717) is 31.6 Å². The second-order valence-electron chi connectivity index (χ2n) is 16.1. The molecule has 10 atom stereocenters. The lowest BCUT2D eigenvalue weighted by molar-refractivity contribution is -0.143. The zero-order chi connectivity index (χ0) is 49.1. The number of nitrogens with zero attached hydrogens (tertiary/aromatic N) is 1.